The summed E-state index contributed by atoms with van der Waals surface area (Å²) < 4.78 is 6.70. The maximum absolute atomic E-state index is 12.1. The van der Waals surface area contributed by atoms with Crippen LogP contribution in [0.4, 0.5) is 0 Å². The Kier molecular flexibility index (Phi) is 5.58. The summed E-state index contributed by atoms with van der Waals surface area (Å²) in [4.78, 5) is 26.5. The lowest BCUT2D eigenvalue weighted by atomic mass is 9.98. The summed E-state index contributed by atoms with van der Waals surface area (Å²) in [5, 5.41) is 2.99. The fraction of sp³-hybridized carbons (Fsp3) is 0.579. The van der Waals surface area contributed by atoms with Crippen molar-refractivity contribution in [3.63, 3.8) is 0 Å². The lowest BCUT2D eigenvalue weighted by Gasteiger charge is -2.35. The second kappa shape index (κ2) is 7.87. The average molecular weight is 345 g/mol. The van der Waals surface area contributed by atoms with Gasteiger partial charge in [0.25, 0.3) is 0 Å². The molecule has 2 aromatic rings. The van der Waals surface area contributed by atoms with Crippen LogP contribution < -0.4 is 11.1 Å². The van der Waals surface area contributed by atoms with Crippen LogP contribution in [0.1, 0.15) is 33.1 Å². The molecular formula is C19H27N3O3. The Balaban J connectivity index is 1.48. The van der Waals surface area contributed by atoms with Crippen molar-refractivity contribution in [3.8, 4) is 0 Å². The highest BCUT2D eigenvalue weighted by atomic mass is 16.4. The number of nitrogens with zero attached hydrogens (tertiary/aromatic N) is 2. The molecule has 0 unspecified atom stereocenters. The van der Waals surface area contributed by atoms with Gasteiger partial charge < -0.3 is 9.73 Å². The van der Waals surface area contributed by atoms with Gasteiger partial charge in [-0.15, -0.1) is 0 Å². The fourth-order valence-corrected chi connectivity index (χ4v) is 3.39. The molecule has 1 aliphatic heterocycles. The number of hydrogen-bond acceptors (Lipinski definition) is 4. The summed E-state index contributed by atoms with van der Waals surface area (Å²) in [6, 6.07) is 7.61. The molecule has 1 saturated heterocycles. The number of aromatic nitrogens is 1. The Bertz CT molecular complexity index is 772. The molecule has 6 heteroatoms. The van der Waals surface area contributed by atoms with Crippen molar-refractivity contribution in [2.45, 2.75) is 45.7 Å². The number of rotatable bonds is 6. The van der Waals surface area contributed by atoms with Crippen LogP contribution >= 0.6 is 0 Å². The van der Waals surface area contributed by atoms with E-state index in [4.69, 9.17) is 4.42 Å². The zero-order valence-corrected chi connectivity index (χ0v) is 15.0. The van der Waals surface area contributed by atoms with Crippen LogP contribution in [0, 0.1) is 5.92 Å². The Labute approximate surface area is 147 Å². The van der Waals surface area contributed by atoms with Crippen molar-refractivity contribution >= 4 is 17.0 Å². The van der Waals surface area contributed by atoms with Gasteiger partial charge in [-0.05, 0) is 50.9 Å². The van der Waals surface area contributed by atoms with E-state index in [1.54, 1.807) is 6.07 Å². The number of amides is 1. The lowest BCUT2D eigenvalue weighted by molar-refractivity contribution is -0.121. The molecule has 0 radical (unpaired) electrons. The maximum atomic E-state index is 12.1. The van der Waals surface area contributed by atoms with Crippen LogP contribution in [0.3, 0.4) is 0 Å². The van der Waals surface area contributed by atoms with Crippen LogP contribution in [0.5, 0.6) is 0 Å². The number of piperidine rings is 1. The third kappa shape index (κ3) is 4.31. The van der Waals surface area contributed by atoms with Gasteiger partial charge in [-0.25, -0.2) is 4.79 Å². The van der Waals surface area contributed by atoms with Gasteiger partial charge in [-0.3, -0.25) is 14.3 Å². The largest absolute Gasteiger partial charge is 0.419 e. The van der Waals surface area contributed by atoms with Crippen molar-refractivity contribution < 1.29 is 9.21 Å². The zero-order chi connectivity index (χ0) is 17.8. The standard InChI is InChI=1S/C19H27N3O3/c1-14-7-10-21(11-8-14)15(2)13-20-18(23)9-12-22-16-5-3-4-6-17(16)25-19(22)24/h3-6,14-15H,7-13H2,1-2H3,(H,20,23)/t15-/m0/s1. The number of carbonyl (C=O) groups is 1. The van der Waals surface area contributed by atoms with Crippen molar-refractivity contribution in [1.29, 1.82) is 0 Å². The van der Waals surface area contributed by atoms with Crippen LogP contribution in [0.2, 0.25) is 0 Å². The Morgan fingerprint density at radius 1 is 1.32 bits per heavy atom. The third-order valence-corrected chi connectivity index (χ3v) is 5.17. The topological polar surface area (TPSA) is 67.5 Å². The van der Waals surface area contributed by atoms with Crippen molar-refractivity contribution in [3.05, 3.63) is 34.8 Å². The average Bonchev–Trinajstić information content (AvgIpc) is 2.93. The second-order valence-corrected chi connectivity index (χ2v) is 7.11. The molecule has 1 aromatic carbocycles. The first kappa shape index (κ1) is 17.7. The fourth-order valence-electron chi connectivity index (χ4n) is 3.39. The summed E-state index contributed by atoms with van der Waals surface area (Å²) in [6.45, 7) is 7.64. The molecule has 0 bridgehead atoms. The molecule has 1 atom stereocenters. The number of oxazole rings is 1. The van der Waals surface area contributed by atoms with Gasteiger partial charge in [0, 0.05) is 25.6 Å². The first-order valence-electron chi connectivity index (χ1n) is 9.13. The first-order valence-corrected chi connectivity index (χ1v) is 9.13. The predicted octanol–water partition coefficient (Wildman–Crippen LogP) is 2.22. The first-order chi connectivity index (χ1) is 12.0. The maximum Gasteiger partial charge on any atom is 0.419 e. The van der Waals surface area contributed by atoms with E-state index >= 15 is 0 Å². The van der Waals surface area contributed by atoms with Gasteiger partial charge in [0.2, 0.25) is 5.91 Å². The third-order valence-electron chi connectivity index (χ3n) is 5.17. The molecule has 0 saturated carbocycles. The second-order valence-electron chi connectivity index (χ2n) is 7.11. The van der Waals surface area contributed by atoms with E-state index in [2.05, 4.69) is 24.1 Å². The number of hydrogen-bond donors (Lipinski definition) is 1. The summed E-state index contributed by atoms with van der Waals surface area (Å²) >= 11 is 0. The highest BCUT2D eigenvalue weighted by Gasteiger charge is 2.20. The molecule has 6 nitrogen and oxygen atoms in total. The number of fused-ring (bicyclic) bond motifs is 1. The molecule has 0 spiro atoms. The van der Waals surface area contributed by atoms with Gasteiger partial charge >= 0.3 is 5.76 Å². The number of likely N-dealkylation sites (tertiary alicyclic amines) is 1. The molecule has 3 rings (SSSR count). The Morgan fingerprint density at radius 3 is 2.80 bits per heavy atom. The number of benzene rings is 1. The number of nitrogens with one attached hydrogen (secondary N) is 1. The quantitative estimate of drug-likeness (QED) is 0.872. The normalized spacial score (nSPS) is 17.7. The summed E-state index contributed by atoms with van der Waals surface area (Å²) in [5.41, 5.74) is 1.29. The molecule has 1 amide bonds. The monoisotopic (exact) mass is 345 g/mol. The van der Waals surface area contributed by atoms with E-state index in [1.165, 1.54) is 17.4 Å². The van der Waals surface area contributed by atoms with E-state index in [-0.39, 0.29) is 12.3 Å². The number of carbonyl (C=O) groups excluding carboxylic acids is 1. The SMILES string of the molecule is CC1CCN([C@@H](C)CNC(=O)CCn2c(=O)oc3ccccc32)CC1. The molecular weight excluding hydrogens is 318 g/mol. The summed E-state index contributed by atoms with van der Waals surface area (Å²) in [6.07, 6.45) is 2.73. The Morgan fingerprint density at radius 2 is 2.04 bits per heavy atom. The van der Waals surface area contributed by atoms with Crippen LogP contribution in [-0.4, -0.2) is 41.1 Å². The number of aryl methyl sites for hydroxylation is 1. The smallest absolute Gasteiger partial charge is 0.408 e. The van der Waals surface area contributed by atoms with E-state index < -0.39 is 5.76 Å². The van der Waals surface area contributed by atoms with E-state index in [0.717, 1.165) is 24.5 Å². The van der Waals surface area contributed by atoms with Crippen molar-refractivity contribution in [1.82, 2.24) is 14.8 Å². The molecule has 1 fully saturated rings. The zero-order valence-electron chi connectivity index (χ0n) is 15.0. The highest BCUT2D eigenvalue weighted by molar-refractivity contribution is 5.76. The van der Waals surface area contributed by atoms with Gasteiger partial charge in [0.05, 0.1) is 5.52 Å². The molecule has 136 valence electrons. The van der Waals surface area contributed by atoms with Crippen LogP contribution in [0.25, 0.3) is 11.1 Å². The van der Waals surface area contributed by atoms with E-state index in [1.807, 2.05) is 18.2 Å². The predicted molar refractivity (Wildman–Crippen MR) is 97.5 cm³/mol. The van der Waals surface area contributed by atoms with E-state index in [9.17, 15) is 9.59 Å². The summed E-state index contributed by atoms with van der Waals surface area (Å²) in [5.74, 6) is 0.361. The lowest BCUT2D eigenvalue weighted by Crippen LogP contribution is -2.45. The van der Waals surface area contributed by atoms with Gasteiger partial charge in [0.15, 0.2) is 5.58 Å². The molecule has 25 heavy (non-hydrogen) atoms. The molecule has 1 aromatic heterocycles. The van der Waals surface area contributed by atoms with Crippen LogP contribution in [0.15, 0.2) is 33.5 Å². The van der Waals surface area contributed by atoms with Gasteiger partial charge in [0.1, 0.15) is 0 Å². The minimum atomic E-state index is -0.412. The molecule has 0 aliphatic carbocycles. The number of para-hydroxylation sites is 2. The molecule has 1 N–H and O–H groups in total. The Hall–Kier alpha value is -2.08. The van der Waals surface area contributed by atoms with Crippen molar-refractivity contribution in [2.75, 3.05) is 19.6 Å². The van der Waals surface area contributed by atoms with Crippen molar-refractivity contribution in [2.24, 2.45) is 5.92 Å². The highest BCUT2D eigenvalue weighted by Crippen LogP contribution is 2.17. The van der Waals surface area contributed by atoms with Gasteiger partial charge in [-0.2, -0.15) is 0 Å². The molecule has 1 aliphatic rings. The van der Waals surface area contributed by atoms with Gasteiger partial charge in [-0.1, -0.05) is 19.1 Å². The summed E-state index contributed by atoms with van der Waals surface area (Å²) in [7, 11) is 0. The van der Waals surface area contributed by atoms with Crippen LogP contribution in [-0.2, 0) is 11.3 Å². The minimum absolute atomic E-state index is 0.0330. The molecule has 2 heterocycles. The van der Waals surface area contributed by atoms with E-state index in [0.29, 0.717) is 24.7 Å². The minimum Gasteiger partial charge on any atom is -0.408 e.